The summed E-state index contributed by atoms with van der Waals surface area (Å²) in [6.45, 7) is 0.207. The molecule has 2 amide bonds. The van der Waals surface area contributed by atoms with Crippen LogP contribution in [0.3, 0.4) is 0 Å². The molecule has 0 spiro atoms. The van der Waals surface area contributed by atoms with Gasteiger partial charge < -0.3 is 9.08 Å². The van der Waals surface area contributed by atoms with E-state index >= 15 is 0 Å². The molecule has 1 saturated heterocycles. The van der Waals surface area contributed by atoms with E-state index in [0.29, 0.717) is 5.00 Å². The quantitative estimate of drug-likeness (QED) is 0.470. The molecular formula is C16H15F5N4O3S2. The Morgan fingerprint density at radius 1 is 1.17 bits per heavy atom. The van der Waals surface area contributed by atoms with Crippen LogP contribution in [0.5, 0.6) is 5.75 Å². The Morgan fingerprint density at radius 3 is 2.40 bits per heavy atom. The maximum atomic E-state index is 14.3. The van der Waals surface area contributed by atoms with Crippen molar-refractivity contribution in [1.29, 1.82) is 0 Å². The summed E-state index contributed by atoms with van der Waals surface area (Å²) in [6.07, 6.45) is -6.66. The molecule has 1 fully saturated rings. The number of anilines is 1. The van der Waals surface area contributed by atoms with Crippen molar-refractivity contribution in [1.82, 2.24) is 14.5 Å². The molecule has 1 aliphatic heterocycles. The van der Waals surface area contributed by atoms with Gasteiger partial charge in [0.15, 0.2) is 0 Å². The summed E-state index contributed by atoms with van der Waals surface area (Å²) in [6, 6.07) is 3.14. The van der Waals surface area contributed by atoms with E-state index < -0.39 is 29.8 Å². The number of urea groups is 1. The number of alkyl halides is 5. The number of carbonyl (C=O) groups excluding carboxylic acids is 1. The minimum atomic E-state index is -4.50. The number of nitrogens with zero attached hydrogens (tertiary/aromatic N) is 3. The summed E-state index contributed by atoms with van der Waals surface area (Å²) in [7, 11) is 0. The molecule has 1 N–H and O–H groups in total. The van der Waals surface area contributed by atoms with Crippen molar-refractivity contribution in [3.63, 3.8) is 0 Å². The first-order chi connectivity index (χ1) is 14.1. The first-order valence-corrected chi connectivity index (χ1v) is 10.00. The predicted octanol–water partition coefficient (Wildman–Crippen LogP) is 5.05. The second-order valence-electron chi connectivity index (χ2n) is 6.29. The molecule has 0 radical (unpaired) electrons. The molecule has 0 aliphatic carbocycles. The van der Waals surface area contributed by atoms with Crippen LogP contribution >= 0.6 is 23.9 Å². The molecule has 3 rings (SSSR count). The van der Waals surface area contributed by atoms with Gasteiger partial charge in [0.25, 0.3) is 0 Å². The highest BCUT2D eigenvalue weighted by atomic mass is 32.2. The number of nitrogens with one attached hydrogen (secondary N) is 1. The Hall–Kier alpha value is -2.19. The zero-order valence-corrected chi connectivity index (χ0v) is 16.7. The predicted molar refractivity (Wildman–Crippen MR) is 98.9 cm³/mol. The fraction of sp³-hybridized carbons (Fsp3) is 0.438. The molecule has 1 aromatic heterocycles. The summed E-state index contributed by atoms with van der Waals surface area (Å²) in [5.74, 6) is -1.21. The van der Waals surface area contributed by atoms with Crippen molar-refractivity contribution in [2.75, 3.05) is 18.4 Å². The smallest absolute Gasteiger partial charge is 0.400 e. The Labute approximate surface area is 176 Å². The van der Waals surface area contributed by atoms with Crippen LogP contribution in [0.25, 0.3) is 0 Å². The average Bonchev–Trinajstić information content (AvgIpc) is 3.21. The van der Waals surface area contributed by atoms with E-state index in [1.54, 1.807) is 0 Å². The van der Waals surface area contributed by atoms with Gasteiger partial charge >= 0.3 is 18.3 Å². The Morgan fingerprint density at radius 2 is 1.83 bits per heavy atom. The maximum absolute atomic E-state index is 14.3. The lowest BCUT2D eigenvalue weighted by Gasteiger charge is -2.34. The van der Waals surface area contributed by atoms with Crippen LogP contribution in [-0.2, 0) is 10.4 Å². The molecule has 1 aliphatic rings. The number of piperidine rings is 1. The minimum absolute atomic E-state index is 0.00218. The lowest BCUT2D eigenvalue weighted by Crippen LogP contribution is -2.45. The van der Waals surface area contributed by atoms with Gasteiger partial charge in [-0.25, -0.2) is 8.98 Å². The number of amides is 2. The first-order valence-electron chi connectivity index (χ1n) is 8.56. The molecule has 1 aromatic carbocycles. The largest absolute Gasteiger partial charge is 0.416 e. The Bertz CT molecular complexity index is 828. The zero-order chi connectivity index (χ0) is 21.8. The molecule has 30 heavy (non-hydrogen) atoms. The highest BCUT2D eigenvalue weighted by Crippen LogP contribution is 2.38. The van der Waals surface area contributed by atoms with E-state index in [1.807, 2.05) is 0 Å². The molecular weight excluding hydrogens is 455 g/mol. The molecule has 2 heterocycles. The molecule has 2 aromatic rings. The first kappa shape index (κ1) is 22.5. The molecule has 0 atom stereocenters. The lowest BCUT2D eigenvalue weighted by molar-refractivity contribution is -0.216. The SMILES string of the molecule is O=C(Nc1cnns1)N1CCC(C(F)(F)OSOc2ccc(C(F)(F)F)cc2)CC1. The number of benzene rings is 1. The van der Waals surface area contributed by atoms with Crippen LogP contribution in [0.1, 0.15) is 18.4 Å². The highest BCUT2D eigenvalue weighted by molar-refractivity contribution is 7.90. The fourth-order valence-electron chi connectivity index (χ4n) is 2.69. The van der Waals surface area contributed by atoms with Crippen LogP contribution in [0.15, 0.2) is 30.5 Å². The second-order valence-corrected chi connectivity index (χ2v) is 7.55. The van der Waals surface area contributed by atoms with Gasteiger partial charge in [0, 0.05) is 24.6 Å². The summed E-state index contributed by atoms with van der Waals surface area (Å²) in [4.78, 5) is 13.5. The van der Waals surface area contributed by atoms with Gasteiger partial charge in [-0.05, 0) is 37.1 Å². The third-order valence-corrected chi connectivity index (χ3v) is 5.44. The van der Waals surface area contributed by atoms with E-state index in [9.17, 15) is 26.7 Å². The third kappa shape index (κ3) is 5.92. The number of rotatable bonds is 6. The van der Waals surface area contributed by atoms with Crippen molar-refractivity contribution in [3.05, 3.63) is 36.0 Å². The van der Waals surface area contributed by atoms with Gasteiger partial charge in [0.05, 0.1) is 17.7 Å². The molecule has 164 valence electrons. The number of carbonyl (C=O) groups is 1. The topological polar surface area (TPSA) is 76.6 Å². The molecule has 0 bridgehead atoms. The lowest BCUT2D eigenvalue weighted by atomic mass is 9.96. The third-order valence-electron chi connectivity index (χ3n) is 4.31. The highest BCUT2D eigenvalue weighted by Gasteiger charge is 2.44. The van der Waals surface area contributed by atoms with Crippen LogP contribution in [-0.4, -0.2) is 39.7 Å². The van der Waals surface area contributed by atoms with Crippen molar-refractivity contribution in [3.8, 4) is 5.75 Å². The number of likely N-dealkylation sites (tertiary alicyclic amines) is 1. The van der Waals surface area contributed by atoms with Gasteiger partial charge in [0.1, 0.15) is 10.8 Å². The summed E-state index contributed by atoms with van der Waals surface area (Å²) < 4.78 is 79.0. The Kier molecular flexibility index (Phi) is 6.98. The van der Waals surface area contributed by atoms with Gasteiger partial charge in [-0.3, -0.25) is 5.32 Å². The molecule has 0 saturated carbocycles. The number of halogens is 5. The van der Waals surface area contributed by atoms with Crippen molar-refractivity contribution in [2.45, 2.75) is 25.1 Å². The van der Waals surface area contributed by atoms with Crippen molar-refractivity contribution >= 4 is 34.9 Å². The fourth-order valence-corrected chi connectivity index (χ4v) is 3.55. The summed E-state index contributed by atoms with van der Waals surface area (Å²) >= 11 is 0.991. The normalized spacial score (nSPS) is 15.8. The average molecular weight is 470 g/mol. The Balaban J connectivity index is 1.43. The van der Waals surface area contributed by atoms with Gasteiger partial charge in [-0.15, -0.1) is 5.10 Å². The van der Waals surface area contributed by atoms with Crippen LogP contribution in [0.4, 0.5) is 31.7 Å². The molecule has 14 heteroatoms. The van der Waals surface area contributed by atoms with E-state index in [-0.39, 0.29) is 44.0 Å². The molecule has 7 nitrogen and oxygen atoms in total. The standard InChI is InChI=1S/C16H15F5N4O3S2/c17-15(18,19)10-1-3-12(4-2-10)27-30-28-16(20,21)11-5-7-25(8-6-11)14(26)23-13-9-22-24-29-13/h1-4,9,11H,5-8H2,(H,23,26). The summed E-state index contributed by atoms with van der Waals surface area (Å²) in [5.41, 5.74) is -0.881. The van der Waals surface area contributed by atoms with Gasteiger partial charge in [-0.2, -0.15) is 22.0 Å². The van der Waals surface area contributed by atoms with Gasteiger partial charge in [-0.1, -0.05) is 4.49 Å². The number of hydrogen-bond acceptors (Lipinski definition) is 7. The van der Waals surface area contributed by atoms with Crippen LogP contribution in [0, 0.1) is 5.92 Å². The van der Waals surface area contributed by atoms with E-state index in [4.69, 9.17) is 4.18 Å². The van der Waals surface area contributed by atoms with Crippen LogP contribution in [0.2, 0.25) is 0 Å². The monoisotopic (exact) mass is 470 g/mol. The van der Waals surface area contributed by atoms with Gasteiger partial charge in [0.2, 0.25) is 12.3 Å². The zero-order valence-electron chi connectivity index (χ0n) is 15.1. The van der Waals surface area contributed by atoms with Crippen molar-refractivity contribution in [2.24, 2.45) is 5.92 Å². The molecule has 0 unspecified atom stereocenters. The number of aromatic nitrogens is 2. The minimum Gasteiger partial charge on any atom is -0.400 e. The van der Waals surface area contributed by atoms with E-state index in [0.717, 1.165) is 35.8 Å². The summed E-state index contributed by atoms with van der Waals surface area (Å²) in [5, 5.41) is 6.62. The van der Waals surface area contributed by atoms with E-state index in [1.165, 1.54) is 11.1 Å². The number of hydrogen-bond donors (Lipinski definition) is 1. The maximum Gasteiger partial charge on any atom is 0.416 e. The van der Waals surface area contributed by atoms with E-state index in [2.05, 4.69) is 19.1 Å². The second kappa shape index (κ2) is 9.31. The van der Waals surface area contributed by atoms with Crippen LogP contribution < -0.4 is 9.50 Å². The van der Waals surface area contributed by atoms with Crippen molar-refractivity contribution < 1.29 is 35.1 Å².